The molecule has 0 unspecified atom stereocenters. The fraction of sp³-hybridized carbons (Fsp3) is 0.381. The summed E-state index contributed by atoms with van der Waals surface area (Å²) in [7, 11) is 0. The van der Waals surface area contributed by atoms with Crippen molar-refractivity contribution in [3.05, 3.63) is 54.4 Å². The van der Waals surface area contributed by atoms with E-state index in [9.17, 15) is 9.59 Å². The summed E-state index contributed by atoms with van der Waals surface area (Å²) < 4.78 is 0. The van der Waals surface area contributed by atoms with Gasteiger partial charge in [-0.05, 0) is 42.7 Å². The third kappa shape index (κ3) is 5.41. The summed E-state index contributed by atoms with van der Waals surface area (Å²) in [4.78, 5) is 28.3. The van der Waals surface area contributed by atoms with E-state index in [0.717, 1.165) is 6.42 Å². The summed E-state index contributed by atoms with van der Waals surface area (Å²) in [6, 6.07) is 10.6. The van der Waals surface area contributed by atoms with E-state index in [2.05, 4.69) is 15.6 Å². The Morgan fingerprint density at radius 3 is 2.50 bits per heavy atom. The lowest BCUT2D eigenvalue weighted by molar-refractivity contribution is -0.116. The van der Waals surface area contributed by atoms with Crippen LogP contribution in [0.15, 0.2) is 48.8 Å². The van der Waals surface area contributed by atoms with Crippen LogP contribution >= 0.6 is 0 Å². The molecule has 2 aromatic rings. The predicted octanol–water partition coefficient (Wildman–Crippen LogP) is 4.63. The number of nitrogens with zero attached hydrogens (tertiary/aromatic N) is 1. The maximum atomic E-state index is 12.2. The van der Waals surface area contributed by atoms with Crippen molar-refractivity contribution in [2.45, 2.75) is 44.9 Å². The number of rotatable bonds is 6. The molecule has 1 aliphatic carbocycles. The molecule has 3 rings (SSSR count). The van der Waals surface area contributed by atoms with Gasteiger partial charge in [0, 0.05) is 30.2 Å². The second-order valence-corrected chi connectivity index (χ2v) is 6.87. The van der Waals surface area contributed by atoms with E-state index in [1.807, 2.05) is 12.1 Å². The molecule has 26 heavy (non-hydrogen) atoms. The van der Waals surface area contributed by atoms with Crippen molar-refractivity contribution in [3.8, 4) is 0 Å². The second kappa shape index (κ2) is 9.13. The lowest BCUT2D eigenvalue weighted by Gasteiger charge is -2.21. The highest BCUT2D eigenvalue weighted by Crippen LogP contribution is 2.27. The quantitative estimate of drug-likeness (QED) is 0.797. The standard InChI is InChI=1S/C21H25N3O2/c25-20(12-11-16-6-2-1-3-7-16)23-18-9-4-10-19(14-18)24-21(26)17-8-5-13-22-15-17/h4-5,8-10,13-16H,1-3,6-7,11-12H2,(H,23,25)(H,24,26). The molecule has 1 aliphatic rings. The molecule has 0 aliphatic heterocycles. The van der Waals surface area contributed by atoms with Gasteiger partial charge in [0.15, 0.2) is 0 Å². The molecule has 1 aromatic carbocycles. The zero-order valence-corrected chi connectivity index (χ0v) is 14.9. The van der Waals surface area contributed by atoms with Gasteiger partial charge >= 0.3 is 0 Å². The van der Waals surface area contributed by atoms with Crippen LogP contribution in [0.2, 0.25) is 0 Å². The van der Waals surface area contributed by atoms with Crippen LogP contribution in [0.1, 0.15) is 55.3 Å². The zero-order chi connectivity index (χ0) is 18.2. The largest absolute Gasteiger partial charge is 0.326 e. The number of nitrogens with one attached hydrogen (secondary N) is 2. The molecule has 5 heteroatoms. The van der Waals surface area contributed by atoms with Gasteiger partial charge in [0.25, 0.3) is 5.91 Å². The summed E-state index contributed by atoms with van der Waals surface area (Å²) >= 11 is 0. The lowest BCUT2D eigenvalue weighted by Crippen LogP contribution is -2.15. The number of anilines is 2. The summed E-state index contributed by atoms with van der Waals surface area (Å²) in [5.41, 5.74) is 1.83. The van der Waals surface area contributed by atoms with Gasteiger partial charge in [0.1, 0.15) is 0 Å². The highest BCUT2D eigenvalue weighted by atomic mass is 16.2. The van der Waals surface area contributed by atoms with E-state index < -0.39 is 0 Å². The van der Waals surface area contributed by atoms with Crippen LogP contribution in [0.25, 0.3) is 0 Å². The summed E-state index contributed by atoms with van der Waals surface area (Å²) in [6.45, 7) is 0. The molecular weight excluding hydrogens is 326 g/mol. The molecule has 1 heterocycles. The number of hydrogen-bond acceptors (Lipinski definition) is 3. The van der Waals surface area contributed by atoms with Gasteiger partial charge in [-0.15, -0.1) is 0 Å². The molecule has 0 saturated heterocycles. The smallest absolute Gasteiger partial charge is 0.257 e. The van der Waals surface area contributed by atoms with Crippen molar-refractivity contribution in [3.63, 3.8) is 0 Å². The van der Waals surface area contributed by atoms with E-state index in [1.54, 1.807) is 30.5 Å². The number of benzene rings is 1. The van der Waals surface area contributed by atoms with Gasteiger partial charge in [-0.3, -0.25) is 14.6 Å². The fourth-order valence-electron chi connectivity index (χ4n) is 3.41. The molecule has 1 fully saturated rings. The van der Waals surface area contributed by atoms with E-state index in [4.69, 9.17) is 0 Å². The number of pyridine rings is 1. The molecule has 0 spiro atoms. The monoisotopic (exact) mass is 351 g/mol. The zero-order valence-electron chi connectivity index (χ0n) is 14.9. The molecule has 2 amide bonds. The summed E-state index contributed by atoms with van der Waals surface area (Å²) in [6.07, 6.45) is 11.1. The molecule has 2 N–H and O–H groups in total. The van der Waals surface area contributed by atoms with Crippen LogP contribution in [0.4, 0.5) is 11.4 Å². The van der Waals surface area contributed by atoms with Crippen LogP contribution < -0.4 is 10.6 Å². The van der Waals surface area contributed by atoms with Crippen LogP contribution in [-0.2, 0) is 4.79 Å². The third-order valence-corrected chi connectivity index (χ3v) is 4.83. The number of carbonyl (C=O) groups is 2. The van der Waals surface area contributed by atoms with E-state index >= 15 is 0 Å². The fourth-order valence-corrected chi connectivity index (χ4v) is 3.41. The van der Waals surface area contributed by atoms with E-state index in [0.29, 0.717) is 29.3 Å². The molecule has 5 nitrogen and oxygen atoms in total. The second-order valence-electron chi connectivity index (χ2n) is 6.87. The molecule has 1 saturated carbocycles. The average molecular weight is 351 g/mol. The van der Waals surface area contributed by atoms with Crippen molar-refractivity contribution >= 4 is 23.2 Å². The van der Waals surface area contributed by atoms with Crippen molar-refractivity contribution in [2.75, 3.05) is 10.6 Å². The first-order valence-electron chi connectivity index (χ1n) is 9.32. The van der Waals surface area contributed by atoms with Gasteiger partial charge in [-0.2, -0.15) is 0 Å². The number of hydrogen-bond donors (Lipinski definition) is 2. The first kappa shape index (κ1) is 18.1. The Labute approximate surface area is 154 Å². The van der Waals surface area contributed by atoms with E-state index in [1.165, 1.54) is 38.3 Å². The lowest BCUT2D eigenvalue weighted by atomic mass is 9.86. The van der Waals surface area contributed by atoms with Crippen molar-refractivity contribution < 1.29 is 9.59 Å². The van der Waals surface area contributed by atoms with E-state index in [-0.39, 0.29) is 11.8 Å². The van der Waals surface area contributed by atoms with Gasteiger partial charge in [-0.1, -0.05) is 38.2 Å². The molecule has 0 atom stereocenters. The summed E-state index contributed by atoms with van der Waals surface area (Å²) in [5, 5.41) is 5.76. The minimum Gasteiger partial charge on any atom is -0.326 e. The first-order chi connectivity index (χ1) is 12.7. The van der Waals surface area contributed by atoms with Gasteiger partial charge < -0.3 is 10.6 Å². The SMILES string of the molecule is O=C(CCC1CCCCC1)Nc1cccc(NC(=O)c2cccnc2)c1. The Morgan fingerprint density at radius 2 is 1.77 bits per heavy atom. The maximum absolute atomic E-state index is 12.2. The minimum absolute atomic E-state index is 0.0336. The Morgan fingerprint density at radius 1 is 1.00 bits per heavy atom. The topological polar surface area (TPSA) is 71.1 Å². The molecule has 136 valence electrons. The van der Waals surface area contributed by atoms with Crippen LogP contribution in [-0.4, -0.2) is 16.8 Å². The van der Waals surface area contributed by atoms with Gasteiger partial charge in [-0.25, -0.2) is 0 Å². The molecule has 1 aromatic heterocycles. The Kier molecular flexibility index (Phi) is 6.36. The Hall–Kier alpha value is -2.69. The highest BCUT2D eigenvalue weighted by Gasteiger charge is 2.15. The van der Waals surface area contributed by atoms with Crippen LogP contribution in [0, 0.1) is 5.92 Å². The number of amides is 2. The summed E-state index contributed by atoms with van der Waals surface area (Å²) in [5.74, 6) is 0.504. The Bertz CT molecular complexity index is 740. The average Bonchev–Trinajstić information content (AvgIpc) is 2.68. The molecular formula is C21H25N3O2. The number of aromatic nitrogens is 1. The van der Waals surface area contributed by atoms with Crippen molar-refractivity contribution in [2.24, 2.45) is 5.92 Å². The van der Waals surface area contributed by atoms with Crippen molar-refractivity contribution in [1.82, 2.24) is 4.98 Å². The molecule has 0 radical (unpaired) electrons. The van der Waals surface area contributed by atoms with Gasteiger partial charge in [0.2, 0.25) is 5.91 Å². The third-order valence-electron chi connectivity index (χ3n) is 4.83. The maximum Gasteiger partial charge on any atom is 0.257 e. The minimum atomic E-state index is -0.223. The van der Waals surface area contributed by atoms with Crippen LogP contribution in [0.3, 0.4) is 0 Å². The van der Waals surface area contributed by atoms with Gasteiger partial charge in [0.05, 0.1) is 5.56 Å². The van der Waals surface area contributed by atoms with Crippen molar-refractivity contribution in [1.29, 1.82) is 0 Å². The Balaban J connectivity index is 1.51. The predicted molar refractivity (Wildman–Crippen MR) is 103 cm³/mol. The first-order valence-corrected chi connectivity index (χ1v) is 9.32. The number of carbonyl (C=O) groups excluding carboxylic acids is 2. The highest BCUT2D eigenvalue weighted by molar-refractivity contribution is 6.04. The van der Waals surface area contributed by atoms with Crippen LogP contribution in [0.5, 0.6) is 0 Å². The normalized spacial score (nSPS) is 14.6. The molecule has 0 bridgehead atoms.